The molecule has 0 spiro atoms. The van der Waals surface area contributed by atoms with E-state index in [4.69, 9.17) is 4.74 Å². The average molecular weight is 186 g/mol. The lowest BCUT2D eigenvalue weighted by atomic mass is 10.00. The maximum Gasteiger partial charge on any atom is 0.306 e. The molecule has 0 aromatic heterocycles. The van der Waals surface area contributed by atoms with Crippen LogP contribution in [0.3, 0.4) is 0 Å². The van der Waals surface area contributed by atoms with Crippen LogP contribution in [0.2, 0.25) is 0 Å². The summed E-state index contributed by atoms with van der Waals surface area (Å²) in [6.07, 6.45) is 2.71. The van der Waals surface area contributed by atoms with Crippen molar-refractivity contribution in [1.29, 1.82) is 0 Å². The minimum atomic E-state index is -0.0394. The highest BCUT2D eigenvalue weighted by Crippen LogP contribution is 2.13. The van der Waals surface area contributed by atoms with Crippen LogP contribution in [0.15, 0.2) is 0 Å². The number of carbonyl (C=O) groups is 1. The second-order valence-corrected chi connectivity index (χ2v) is 3.96. The lowest BCUT2D eigenvalue weighted by molar-refractivity contribution is -0.145. The second kappa shape index (κ2) is 6.93. The summed E-state index contributed by atoms with van der Waals surface area (Å²) in [7, 11) is 0. The van der Waals surface area contributed by atoms with Crippen LogP contribution in [0.25, 0.3) is 0 Å². The Morgan fingerprint density at radius 2 is 1.77 bits per heavy atom. The molecule has 0 N–H and O–H groups in total. The molecule has 0 rings (SSSR count). The van der Waals surface area contributed by atoms with Gasteiger partial charge >= 0.3 is 5.97 Å². The quantitative estimate of drug-likeness (QED) is 0.596. The summed E-state index contributed by atoms with van der Waals surface area (Å²) in [5.74, 6) is 0.896. The van der Waals surface area contributed by atoms with Crippen molar-refractivity contribution < 1.29 is 9.53 Å². The van der Waals surface area contributed by atoms with Gasteiger partial charge in [-0.2, -0.15) is 0 Å². The Hall–Kier alpha value is -0.530. The summed E-state index contributed by atoms with van der Waals surface area (Å²) in [6.45, 7) is 8.88. The van der Waals surface area contributed by atoms with Gasteiger partial charge < -0.3 is 4.74 Å². The van der Waals surface area contributed by atoms with E-state index in [2.05, 4.69) is 13.8 Å². The first-order valence-electron chi connectivity index (χ1n) is 5.25. The van der Waals surface area contributed by atoms with Crippen LogP contribution < -0.4 is 0 Å². The van der Waals surface area contributed by atoms with Crippen molar-refractivity contribution in [3.05, 3.63) is 0 Å². The van der Waals surface area contributed by atoms with Crippen LogP contribution in [0.4, 0.5) is 0 Å². The van der Waals surface area contributed by atoms with Crippen molar-refractivity contribution in [2.24, 2.45) is 11.8 Å². The molecule has 0 aromatic rings. The van der Waals surface area contributed by atoms with E-state index in [-0.39, 0.29) is 5.97 Å². The minimum Gasteiger partial charge on any atom is -0.465 e. The van der Waals surface area contributed by atoms with Crippen LogP contribution in [0, 0.1) is 11.8 Å². The number of hydrogen-bond acceptors (Lipinski definition) is 2. The van der Waals surface area contributed by atoms with Crippen LogP contribution in [-0.2, 0) is 9.53 Å². The summed E-state index contributed by atoms with van der Waals surface area (Å²) in [5.41, 5.74) is 0. The zero-order chi connectivity index (χ0) is 10.3. The first kappa shape index (κ1) is 12.5. The van der Waals surface area contributed by atoms with Gasteiger partial charge in [0.05, 0.1) is 6.61 Å². The van der Waals surface area contributed by atoms with E-state index < -0.39 is 0 Å². The van der Waals surface area contributed by atoms with E-state index in [1.807, 2.05) is 13.8 Å². The molecule has 0 aliphatic rings. The van der Waals surface area contributed by atoms with Gasteiger partial charge in [-0.25, -0.2) is 0 Å². The third-order valence-electron chi connectivity index (χ3n) is 2.19. The van der Waals surface area contributed by atoms with Crippen molar-refractivity contribution in [3.63, 3.8) is 0 Å². The Balaban J connectivity index is 3.60. The van der Waals surface area contributed by atoms with Gasteiger partial charge in [0, 0.05) is 6.42 Å². The van der Waals surface area contributed by atoms with Gasteiger partial charge in [0.2, 0.25) is 0 Å². The molecular weight excluding hydrogens is 164 g/mol. The van der Waals surface area contributed by atoms with Crippen LogP contribution in [0.1, 0.15) is 47.0 Å². The van der Waals surface area contributed by atoms with Gasteiger partial charge in [0.15, 0.2) is 0 Å². The molecule has 0 amide bonds. The zero-order valence-electron chi connectivity index (χ0n) is 9.30. The van der Waals surface area contributed by atoms with Gasteiger partial charge in [-0.15, -0.1) is 0 Å². The Bertz CT molecular complexity index is 137. The third-order valence-corrected chi connectivity index (χ3v) is 2.19. The molecule has 0 aliphatic carbocycles. The molecule has 0 fully saturated rings. The van der Waals surface area contributed by atoms with Crippen molar-refractivity contribution in [2.45, 2.75) is 47.0 Å². The molecule has 0 heterocycles. The molecule has 0 aromatic carbocycles. The molecule has 0 atom stereocenters. The highest BCUT2D eigenvalue weighted by Gasteiger charge is 2.11. The molecule has 78 valence electrons. The predicted molar refractivity (Wildman–Crippen MR) is 54.5 cm³/mol. The van der Waals surface area contributed by atoms with E-state index in [0.29, 0.717) is 24.9 Å². The zero-order valence-corrected chi connectivity index (χ0v) is 9.30. The maximum atomic E-state index is 11.3. The summed E-state index contributed by atoms with van der Waals surface area (Å²) in [5, 5.41) is 0. The van der Waals surface area contributed by atoms with E-state index in [1.165, 1.54) is 0 Å². The fourth-order valence-electron chi connectivity index (χ4n) is 1.13. The summed E-state index contributed by atoms with van der Waals surface area (Å²) >= 11 is 0. The Labute approximate surface area is 81.7 Å². The monoisotopic (exact) mass is 186 g/mol. The van der Waals surface area contributed by atoms with Gasteiger partial charge in [-0.05, 0) is 11.8 Å². The molecule has 0 radical (unpaired) electrons. The Morgan fingerprint density at radius 3 is 2.15 bits per heavy atom. The maximum absolute atomic E-state index is 11.3. The predicted octanol–water partition coefficient (Wildman–Crippen LogP) is 3.01. The normalized spacial score (nSPS) is 10.9. The number of rotatable bonds is 6. The second-order valence-electron chi connectivity index (χ2n) is 3.96. The van der Waals surface area contributed by atoms with E-state index in [1.54, 1.807) is 0 Å². The van der Waals surface area contributed by atoms with Crippen LogP contribution >= 0.6 is 0 Å². The van der Waals surface area contributed by atoms with Gasteiger partial charge in [-0.3, -0.25) is 4.79 Å². The van der Waals surface area contributed by atoms with Crippen molar-refractivity contribution >= 4 is 5.97 Å². The third kappa shape index (κ3) is 6.62. The topological polar surface area (TPSA) is 26.3 Å². The highest BCUT2D eigenvalue weighted by molar-refractivity contribution is 5.69. The number of hydrogen-bond donors (Lipinski definition) is 0. The highest BCUT2D eigenvalue weighted by atomic mass is 16.5. The summed E-state index contributed by atoms with van der Waals surface area (Å²) in [4.78, 5) is 11.3. The summed E-state index contributed by atoms with van der Waals surface area (Å²) < 4.78 is 5.10. The first-order chi connectivity index (χ1) is 6.10. The van der Waals surface area contributed by atoms with E-state index in [9.17, 15) is 4.79 Å². The van der Waals surface area contributed by atoms with E-state index in [0.717, 1.165) is 12.8 Å². The summed E-state index contributed by atoms with van der Waals surface area (Å²) in [6, 6.07) is 0. The number of carbonyl (C=O) groups excluding carboxylic acids is 1. The number of esters is 1. The number of ether oxygens (including phenoxy) is 1. The molecule has 0 bridgehead atoms. The molecule has 2 heteroatoms. The smallest absolute Gasteiger partial charge is 0.306 e. The largest absolute Gasteiger partial charge is 0.465 e. The van der Waals surface area contributed by atoms with Crippen molar-refractivity contribution in [3.8, 4) is 0 Å². The van der Waals surface area contributed by atoms with Gasteiger partial charge in [-0.1, -0.05) is 40.5 Å². The lowest BCUT2D eigenvalue weighted by Crippen LogP contribution is -2.13. The molecule has 0 aliphatic heterocycles. The minimum absolute atomic E-state index is 0.0394. The molecule has 0 saturated carbocycles. The van der Waals surface area contributed by atoms with E-state index >= 15 is 0 Å². The Kier molecular flexibility index (Phi) is 6.65. The Morgan fingerprint density at radius 1 is 1.23 bits per heavy atom. The standard InChI is InChI=1S/C11H22O2/c1-5-10(6-2)7-11(12)13-8-9(3)4/h9-10H,5-8H2,1-4H3. The SMILES string of the molecule is CCC(CC)CC(=O)OCC(C)C. The van der Waals surface area contributed by atoms with Crippen LogP contribution in [-0.4, -0.2) is 12.6 Å². The van der Waals surface area contributed by atoms with Gasteiger partial charge in [0.1, 0.15) is 0 Å². The average Bonchev–Trinajstić information content (AvgIpc) is 2.10. The molecule has 13 heavy (non-hydrogen) atoms. The molecule has 2 nitrogen and oxygen atoms in total. The van der Waals surface area contributed by atoms with Gasteiger partial charge in [0.25, 0.3) is 0 Å². The molecular formula is C11H22O2. The fraction of sp³-hybridized carbons (Fsp3) is 0.909. The lowest BCUT2D eigenvalue weighted by Gasteiger charge is -2.12. The molecule has 0 unspecified atom stereocenters. The van der Waals surface area contributed by atoms with Crippen molar-refractivity contribution in [2.75, 3.05) is 6.61 Å². The molecule has 0 saturated heterocycles. The van der Waals surface area contributed by atoms with Crippen molar-refractivity contribution in [1.82, 2.24) is 0 Å². The fourth-order valence-corrected chi connectivity index (χ4v) is 1.13. The first-order valence-corrected chi connectivity index (χ1v) is 5.25. The van der Waals surface area contributed by atoms with Crippen LogP contribution in [0.5, 0.6) is 0 Å².